The molecule has 4 nitrogen and oxygen atoms in total. The summed E-state index contributed by atoms with van der Waals surface area (Å²) in [6, 6.07) is 0. The van der Waals surface area contributed by atoms with Crippen LogP contribution in [0.3, 0.4) is 0 Å². The van der Waals surface area contributed by atoms with E-state index in [2.05, 4.69) is 30.7 Å². The molecule has 0 unspecified atom stereocenters. The average molecular weight is 263 g/mol. The summed E-state index contributed by atoms with van der Waals surface area (Å²) in [7, 11) is 0. The Kier molecular flexibility index (Phi) is 3.34. The fourth-order valence-corrected chi connectivity index (χ4v) is 2.32. The van der Waals surface area contributed by atoms with Crippen LogP contribution >= 0.6 is 11.3 Å². The van der Waals surface area contributed by atoms with Crippen LogP contribution in [-0.4, -0.2) is 14.5 Å². The lowest BCUT2D eigenvalue weighted by atomic mass is 9.96. The van der Waals surface area contributed by atoms with E-state index in [0.717, 1.165) is 16.3 Å². The van der Waals surface area contributed by atoms with Crippen LogP contribution in [-0.2, 0) is 12.0 Å². The summed E-state index contributed by atoms with van der Waals surface area (Å²) in [5.41, 5.74) is 0.900. The molecule has 5 heteroatoms. The number of hydrogen-bond acceptors (Lipinski definition) is 4. The van der Waals surface area contributed by atoms with E-state index in [0.29, 0.717) is 6.54 Å². The third kappa shape index (κ3) is 2.85. The fraction of sp³-hybridized carbons (Fsp3) is 0.462. The molecular formula is C13H17N3OS. The molecule has 0 radical (unpaired) electrons. The van der Waals surface area contributed by atoms with Crippen LogP contribution in [0.4, 0.5) is 0 Å². The standard InChI is InChI=1S/C13H17N3OS/c1-9-7-16(12(17)18-9)8-10-5-14-11(15-6-10)13(2,3)4/h5-7H,8H2,1-4H3. The minimum Gasteiger partial charge on any atom is -0.301 e. The van der Waals surface area contributed by atoms with E-state index in [-0.39, 0.29) is 10.3 Å². The maximum atomic E-state index is 11.6. The van der Waals surface area contributed by atoms with Crippen LogP contribution in [0.25, 0.3) is 0 Å². The van der Waals surface area contributed by atoms with E-state index in [9.17, 15) is 4.79 Å². The molecule has 0 aliphatic heterocycles. The zero-order chi connectivity index (χ0) is 13.3. The maximum Gasteiger partial charge on any atom is 0.307 e. The first-order chi connectivity index (χ1) is 8.36. The highest BCUT2D eigenvalue weighted by Crippen LogP contribution is 2.17. The summed E-state index contributed by atoms with van der Waals surface area (Å²) in [4.78, 5) is 21.4. The van der Waals surface area contributed by atoms with Crippen molar-refractivity contribution >= 4 is 11.3 Å². The molecule has 0 amide bonds. The Morgan fingerprint density at radius 2 is 1.89 bits per heavy atom. The molecule has 0 spiro atoms. The van der Waals surface area contributed by atoms with Gasteiger partial charge in [0.15, 0.2) is 0 Å². The van der Waals surface area contributed by atoms with Crippen LogP contribution in [0.1, 0.15) is 37.0 Å². The van der Waals surface area contributed by atoms with Gasteiger partial charge in [-0.1, -0.05) is 32.1 Å². The van der Waals surface area contributed by atoms with Crippen molar-refractivity contribution in [2.24, 2.45) is 0 Å². The smallest absolute Gasteiger partial charge is 0.301 e. The number of aromatic nitrogens is 3. The molecule has 18 heavy (non-hydrogen) atoms. The summed E-state index contributed by atoms with van der Waals surface area (Å²) in [6.45, 7) is 8.70. The van der Waals surface area contributed by atoms with E-state index in [1.165, 1.54) is 11.3 Å². The quantitative estimate of drug-likeness (QED) is 0.835. The molecule has 0 atom stereocenters. The molecule has 0 aliphatic carbocycles. The van der Waals surface area contributed by atoms with Gasteiger partial charge < -0.3 is 4.57 Å². The third-order valence-corrected chi connectivity index (χ3v) is 3.39. The van der Waals surface area contributed by atoms with Crippen LogP contribution in [0.5, 0.6) is 0 Å². The van der Waals surface area contributed by atoms with Gasteiger partial charge in [-0.3, -0.25) is 4.79 Å². The molecule has 0 fully saturated rings. The molecule has 0 aromatic carbocycles. The van der Waals surface area contributed by atoms with Crippen molar-refractivity contribution < 1.29 is 0 Å². The van der Waals surface area contributed by atoms with Gasteiger partial charge in [-0.15, -0.1) is 0 Å². The van der Waals surface area contributed by atoms with Gasteiger partial charge in [0.05, 0.1) is 6.54 Å². The number of thiazole rings is 1. The lowest BCUT2D eigenvalue weighted by Gasteiger charge is -2.16. The second-order valence-electron chi connectivity index (χ2n) is 5.40. The van der Waals surface area contributed by atoms with Crippen molar-refractivity contribution in [3.8, 4) is 0 Å². The van der Waals surface area contributed by atoms with Crippen LogP contribution in [0.15, 0.2) is 23.4 Å². The maximum absolute atomic E-state index is 11.6. The molecule has 0 bridgehead atoms. The van der Waals surface area contributed by atoms with Crippen molar-refractivity contribution in [2.45, 2.75) is 39.7 Å². The minimum absolute atomic E-state index is 0.0473. The molecule has 2 aromatic rings. The van der Waals surface area contributed by atoms with Crippen molar-refractivity contribution in [1.82, 2.24) is 14.5 Å². The van der Waals surface area contributed by atoms with Gasteiger partial charge in [0.25, 0.3) is 0 Å². The highest BCUT2D eigenvalue weighted by molar-refractivity contribution is 7.09. The Hall–Kier alpha value is -1.49. The zero-order valence-electron chi connectivity index (χ0n) is 11.1. The second kappa shape index (κ2) is 4.65. The van der Waals surface area contributed by atoms with Crippen molar-refractivity contribution in [3.05, 3.63) is 44.5 Å². The molecule has 96 valence electrons. The van der Waals surface area contributed by atoms with Crippen LogP contribution < -0.4 is 4.87 Å². The molecule has 0 aliphatic rings. The van der Waals surface area contributed by atoms with E-state index in [1.807, 2.05) is 13.1 Å². The lowest BCUT2D eigenvalue weighted by molar-refractivity contribution is 0.543. The zero-order valence-corrected chi connectivity index (χ0v) is 11.9. The Labute approximate surface area is 110 Å². The topological polar surface area (TPSA) is 47.8 Å². The predicted octanol–water partition coefficient (Wildman–Crippen LogP) is 2.35. The van der Waals surface area contributed by atoms with E-state index >= 15 is 0 Å². The molecule has 0 saturated carbocycles. The normalized spacial score (nSPS) is 11.8. The molecular weight excluding hydrogens is 246 g/mol. The molecule has 2 aromatic heterocycles. The SMILES string of the molecule is Cc1cn(Cc2cnc(C(C)(C)C)nc2)c(=O)s1. The van der Waals surface area contributed by atoms with Crippen molar-refractivity contribution in [2.75, 3.05) is 0 Å². The molecule has 2 heterocycles. The molecule has 0 N–H and O–H groups in total. The first-order valence-electron chi connectivity index (χ1n) is 5.84. The highest BCUT2D eigenvalue weighted by atomic mass is 32.1. The Morgan fingerprint density at radius 1 is 1.28 bits per heavy atom. The monoisotopic (exact) mass is 263 g/mol. The van der Waals surface area contributed by atoms with Gasteiger partial charge in [-0.25, -0.2) is 9.97 Å². The van der Waals surface area contributed by atoms with Gasteiger partial charge in [0, 0.05) is 34.4 Å². The largest absolute Gasteiger partial charge is 0.307 e. The number of nitrogens with zero attached hydrogens (tertiary/aromatic N) is 3. The third-order valence-electron chi connectivity index (χ3n) is 2.55. The lowest BCUT2D eigenvalue weighted by Crippen LogP contribution is -2.17. The summed E-state index contributed by atoms with van der Waals surface area (Å²) in [5, 5.41) is 0. The molecule has 2 rings (SSSR count). The van der Waals surface area contributed by atoms with Crippen molar-refractivity contribution in [1.29, 1.82) is 0 Å². The fourth-order valence-electron chi connectivity index (χ4n) is 1.63. The highest BCUT2D eigenvalue weighted by Gasteiger charge is 2.16. The summed E-state index contributed by atoms with van der Waals surface area (Å²) in [6.07, 6.45) is 5.46. The van der Waals surface area contributed by atoms with Crippen molar-refractivity contribution in [3.63, 3.8) is 0 Å². The summed E-state index contributed by atoms with van der Waals surface area (Å²) >= 11 is 1.26. The van der Waals surface area contributed by atoms with Crippen LogP contribution in [0, 0.1) is 6.92 Å². The van der Waals surface area contributed by atoms with Gasteiger partial charge in [-0.05, 0) is 6.92 Å². The van der Waals surface area contributed by atoms with Gasteiger partial charge in [0.1, 0.15) is 5.82 Å². The van der Waals surface area contributed by atoms with Gasteiger partial charge >= 0.3 is 4.87 Å². The Bertz CT molecular complexity index is 590. The molecule has 0 saturated heterocycles. The Balaban J connectivity index is 2.21. The van der Waals surface area contributed by atoms with E-state index in [1.54, 1.807) is 17.0 Å². The summed E-state index contributed by atoms with van der Waals surface area (Å²) in [5.74, 6) is 0.820. The number of rotatable bonds is 2. The number of hydrogen-bond donors (Lipinski definition) is 0. The summed E-state index contributed by atoms with van der Waals surface area (Å²) < 4.78 is 1.69. The Morgan fingerprint density at radius 3 is 2.33 bits per heavy atom. The van der Waals surface area contributed by atoms with Gasteiger partial charge in [-0.2, -0.15) is 0 Å². The number of aryl methyl sites for hydroxylation is 1. The van der Waals surface area contributed by atoms with E-state index in [4.69, 9.17) is 0 Å². The van der Waals surface area contributed by atoms with Gasteiger partial charge in [0.2, 0.25) is 0 Å². The second-order valence-corrected chi connectivity index (χ2v) is 6.60. The first kappa shape index (κ1) is 13.0. The average Bonchev–Trinajstić information content (AvgIpc) is 2.57. The first-order valence-corrected chi connectivity index (χ1v) is 6.66. The van der Waals surface area contributed by atoms with Crippen LogP contribution in [0.2, 0.25) is 0 Å². The van der Waals surface area contributed by atoms with E-state index < -0.39 is 0 Å². The minimum atomic E-state index is -0.0473. The predicted molar refractivity (Wildman–Crippen MR) is 73.2 cm³/mol.